The van der Waals surface area contributed by atoms with Crippen LogP contribution in [0.1, 0.15) is 69.3 Å². The van der Waals surface area contributed by atoms with Gasteiger partial charge in [0.2, 0.25) is 11.4 Å². The first-order valence-electron chi connectivity index (χ1n) is 12.4. The molecule has 6 rings (SSSR count). The summed E-state index contributed by atoms with van der Waals surface area (Å²) < 4.78 is 5.51. The smallest absolute Gasteiger partial charge is 0.246 e. The summed E-state index contributed by atoms with van der Waals surface area (Å²) in [4.78, 5) is 58.1. The zero-order valence-corrected chi connectivity index (χ0v) is 20.8. The van der Waals surface area contributed by atoms with E-state index in [9.17, 15) is 24.5 Å². The molecule has 1 spiro atoms. The van der Waals surface area contributed by atoms with Crippen LogP contribution in [-0.4, -0.2) is 64.6 Å². The van der Waals surface area contributed by atoms with Gasteiger partial charge in [-0.2, -0.15) is 0 Å². The van der Waals surface area contributed by atoms with Crippen LogP contribution in [0, 0.1) is 21.4 Å². The van der Waals surface area contributed by atoms with E-state index in [4.69, 9.17) is 4.74 Å². The third-order valence-electron chi connectivity index (χ3n) is 9.84. The molecule has 3 fully saturated rings. The minimum atomic E-state index is -1.56. The van der Waals surface area contributed by atoms with Crippen LogP contribution in [0.25, 0.3) is 0 Å². The number of benzene rings is 1. The number of amides is 1. The van der Waals surface area contributed by atoms with E-state index < -0.39 is 27.8 Å². The molecule has 5 aliphatic rings. The molecular formula is C26H31N3O6. The number of ketones is 2. The van der Waals surface area contributed by atoms with E-state index >= 15 is 0 Å². The Hall–Kier alpha value is -2.81. The second-order valence-corrected chi connectivity index (χ2v) is 12.2. The van der Waals surface area contributed by atoms with Gasteiger partial charge in [-0.3, -0.25) is 29.4 Å². The highest BCUT2D eigenvalue weighted by molar-refractivity contribution is 6.20. The maximum absolute atomic E-state index is 14.6. The Morgan fingerprint density at radius 3 is 2.51 bits per heavy atom. The molecule has 0 bridgehead atoms. The number of hydrogen-bond acceptors (Lipinski definition) is 7. The van der Waals surface area contributed by atoms with E-state index in [1.54, 1.807) is 17.0 Å². The molecule has 0 radical (unpaired) electrons. The molecule has 1 aromatic rings. The van der Waals surface area contributed by atoms with Crippen LogP contribution in [-0.2, 0) is 15.0 Å². The summed E-state index contributed by atoms with van der Waals surface area (Å²) in [5, 5.41) is 12.9. The predicted octanol–water partition coefficient (Wildman–Crippen LogP) is 2.75. The fourth-order valence-electron chi connectivity index (χ4n) is 8.51. The van der Waals surface area contributed by atoms with Crippen LogP contribution in [0.2, 0.25) is 0 Å². The van der Waals surface area contributed by atoms with Crippen LogP contribution < -0.4 is 9.64 Å². The zero-order chi connectivity index (χ0) is 25.3. The number of carbonyl (C=O) groups is 3. The number of nitro groups is 1. The molecule has 9 nitrogen and oxygen atoms in total. The van der Waals surface area contributed by atoms with Crippen molar-refractivity contribution in [2.24, 2.45) is 11.3 Å². The summed E-state index contributed by atoms with van der Waals surface area (Å²) in [6.07, 6.45) is 1.61. The molecule has 0 aromatic heterocycles. The first-order chi connectivity index (χ1) is 16.3. The summed E-state index contributed by atoms with van der Waals surface area (Å²) in [5.74, 6) is -0.967. The molecule has 1 aliphatic carbocycles. The van der Waals surface area contributed by atoms with Crippen LogP contribution in [0.4, 0.5) is 5.69 Å². The largest absolute Gasteiger partial charge is 0.496 e. The molecule has 2 saturated heterocycles. The van der Waals surface area contributed by atoms with Gasteiger partial charge in [-0.1, -0.05) is 19.9 Å². The monoisotopic (exact) mass is 481 g/mol. The van der Waals surface area contributed by atoms with E-state index in [2.05, 4.69) is 0 Å². The number of anilines is 1. The molecule has 4 heterocycles. The van der Waals surface area contributed by atoms with Gasteiger partial charge in [-0.15, -0.1) is 0 Å². The van der Waals surface area contributed by atoms with Crippen molar-refractivity contribution in [1.82, 2.24) is 4.90 Å². The van der Waals surface area contributed by atoms with Crippen molar-refractivity contribution >= 4 is 23.2 Å². The SMILES string of the molecule is COc1ccc2c3c1C(=O)CC(C)(C)N3C(=O)[C@@]21CC2([N+](=O)[O-])CN3CCC[C@@H]3C(=O)[C@@H]2C1(C)C. The molecule has 4 atom stereocenters. The van der Waals surface area contributed by atoms with Crippen molar-refractivity contribution < 1.29 is 24.0 Å². The lowest BCUT2D eigenvalue weighted by Gasteiger charge is -2.44. The number of piperidine rings is 1. The van der Waals surface area contributed by atoms with Crippen molar-refractivity contribution in [3.8, 4) is 5.75 Å². The number of ether oxygens (including phenoxy) is 1. The van der Waals surface area contributed by atoms with Gasteiger partial charge in [-0.05, 0) is 44.9 Å². The highest BCUT2D eigenvalue weighted by Gasteiger charge is 2.81. The minimum Gasteiger partial charge on any atom is -0.496 e. The van der Waals surface area contributed by atoms with Gasteiger partial charge in [0, 0.05) is 28.7 Å². The Bertz CT molecular complexity index is 1240. The third kappa shape index (κ3) is 2.31. The summed E-state index contributed by atoms with van der Waals surface area (Å²) in [7, 11) is 1.49. The van der Waals surface area contributed by atoms with Crippen LogP contribution in [0.5, 0.6) is 5.75 Å². The van der Waals surface area contributed by atoms with E-state index in [-0.39, 0.29) is 47.8 Å². The van der Waals surface area contributed by atoms with E-state index in [1.165, 1.54) is 7.11 Å². The molecule has 1 aromatic carbocycles. The van der Waals surface area contributed by atoms with E-state index in [0.717, 1.165) is 6.42 Å². The minimum absolute atomic E-state index is 0.0575. The summed E-state index contributed by atoms with van der Waals surface area (Å²) in [5.41, 5.74) is -3.20. The van der Waals surface area contributed by atoms with Crippen LogP contribution in [0.3, 0.4) is 0 Å². The van der Waals surface area contributed by atoms with E-state index in [1.807, 2.05) is 32.6 Å². The van der Waals surface area contributed by atoms with Crippen LogP contribution in [0.15, 0.2) is 12.1 Å². The lowest BCUT2D eigenvalue weighted by molar-refractivity contribution is -0.579. The summed E-state index contributed by atoms with van der Waals surface area (Å²) in [6.45, 7) is 8.24. The van der Waals surface area contributed by atoms with Gasteiger partial charge < -0.3 is 9.64 Å². The Kier molecular flexibility index (Phi) is 4.20. The first-order valence-corrected chi connectivity index (χ1v) is 12.4. The number of hydrogen-bond donors (Lipinski definition) is 0. The van der Waals surface area contributed by atoms with Crippen molar-refractivity contribution in [3.63, 3.8) is 0 Å². The molecule has 0 N–H and O–H groups in total. The lowest BCUT2D eigenvalue weighted by atomic mass is 9.59. The molecule has 4 aliphatic heterocycles. The van der Waals surface area contributed by atoms with Crippen LogP contribution >= 0.6 is 0 Å². The molecule has 186 valence electrons. The fourth-order valence-corrected chi connectivity index (χ4v) is 8.51. The van der Waals surface area contributed by atoms with Crippen molar-refractivity contribution in [3.05, 3.63) is 33.4 Å². The third-order valence-corrected chi connectivity index (χ3v) is 9.84. The van der Waals surface area contributed by atoms with Gasteiger partial charge >= 0.3 is 0 Å². The number of methoxy groups -OCH3 is 1. The Morgan fingerprint density at radius 1 is 1.14 bits per heavy atom. The zero-order valence-electron chi connectivity index (χ0n) is 20.8. The lowest BCUT2D eigenvalue weighted by Crippen LogP contribution is -2.64. The number of Topliss-reactive ketones (excluding diaryl/α,β-unsaturated/α-hetero) is 2. The molecule has 1 saturated carbocycles. The second kappa shape index (κ2) is 6.49. The summed E-state index contributed by atoms with van der Waals surface area (Å²) >= 11 is 0. The average molecular weight is 482 g/mol. The number of rotatable bonds is 2. The van der Waals surface area contributed by atoms with E-state index in [0.29, 0.717) is 35.5 Å². The molecule has 1 amide bonds. The Balaban J connectivity index is 1.66. The quantitative estimate of drug-likeness (QED) is 0.472. The maximum Gasteiger partial charge on any atom is 0.246 e. The number of carbonyl (C=O) groups excluding carboxylic acids is 3. The summed E-state index contributed by atoms with van der Waals surface area (Å²) in [6, 6.07) is 3.16. The van der Waals surface area contributed by atoms with Gasteiger partial charge in [0.1, 0.15) is 5.75 Å². The predicted molar refractivity (Wildman–Crippen MR) is 126 cm³/mol. The molecular weight excluding hydrogens is 450 g/mol. The van der Waals surface area contributed by atoms with Gasteiger partial charge in [0.15, 0.2) is 11.6 Å². The molecule has 35 heavy (non-hydrogen) atoms. The number of nitrogens with zero attached hydrogens (tertiary/aromatic N) is 3. The van der Waals surface area contributed by atoms with Crippen molar-refractivity contribution in [2.45, 2.75) is 75.9 Å². The first kappa shape index (κ1) is 22.6. The number of fused-ring (bicyclic) bond motifs is 3. The Labute approximate surface area is 203 Å². The van der Waals surface area contributed by atoms with Gasteiger partial charge in [0.05, 0.1) is 42.3 Å². The fraction of sp³-hybridized carbons (Fsp3) is 0.654. The van der Waals surface area contributed by atoms with Gasteiger partial charge in [0.25, 0.3) is 0 Å². The average Bonchev–Trinajstić information content (AvgIpc) is 3.39. The topological polar surface area (TPSA) is 110 Å². The maximum atomic E-state index is 14.6. The van der Waals surface area contributed by atoms with Gasteiger partial charge in [-0.25, -0.2) is 0 Å². The normalized spacial score (nSPS) is 36.4. The molecule has 9 heteroatoms. The highest BCUT2D eigenvalue weighted by Crippen LogP contribution is 2.70. The van der Waals surface area contributed by atoms with Crippen molar-refractivity contribution in [1.29, 1.82) is 0 Å². The highest BCUT2D eigenvalue weighted by atomic mass is 16.6. The van der Waals surface area contributed by atoms with Crippen molar-refractivity contribution in [2.75, 3.05) is 25.1 Å². The Morgan fingerprint density at radius 2 is 1.86 bits per heavy atom. The standard InChI is InChI=1S/C26H31N3O6/c1-23(2)11-16(30)18-17(35-5)9-8-14-19(18)28(23)22(32)26(14)12-25(29(33)34)13-27-10-6-7-15(27)20(31)21(25)24(26,3)4/h8-9,15,21H,6-7,10-13H2,1-5H3/t15-,21-,25?,26-/m1/s1. The molecule has 1 unspecified atom stereocenters. The second-order valence-electron chi connectivity index (χ2n) is 12.2.